The Kier molecular flexibility index (Phi) is 3.23. The fourth-order valence-corrected chi connectivity index (χ4v) is 2.04. The molecule has 6 nitrogen and oxygen atoms in total. The molecule has 2 rings (SSSR count). The summed E-state index contributed by atoms with van der Waals surface area (Å²) >= 11 is 0. The number of nitrogen functional groups attached to an aromatic ring is 1. The minimum Gasteiger partial charge on any atom is -0.382 e. The third kappa shape index (κ3) is 2.36. The van der Waals surface area contributed by atoms with Crippen molar-refractivity contribution < 1.29 is 9.53 Å². The highest BCUT2D eigenvalue weighted by Crippen LogP contribution is 2.19. The fourth-order valence-electron chi connectivity index (χ4n) is 2.04. The molecule has 1 aromatic heterocycles. The molecule has 0 saturated carbocycles. The summed E-state index contributed by atoms with van der Waals surface area (Å²) in [5.41, 5.74) is 5.78. The summed E-state index contributed by atoms with van der Waals surface area (Å²) < 4.78 is 5.44. The minimum atomic E-state index is -0.174. The first kappa shape index (κ1) is 11.8. The Labute approximate surface area is 99.8 Å². The zero-order valence-corrected chi connectivity index (χ0v) is 9.96. The lowest BCUT2D eigenvalue weighted by molar-refractivity contribution is 0.0569. The second-order valence-corrected chi connectivity index (χ2v) is 4.18. The van der Waals surface area contributed by atoms with Gasteiger partial charge in [0.25, 0.3) is 5.91 Å². The van der Waals surface area contributed by atoms with Crippen LogP contribution in [0.25, 0.3) is 0 Å². The molecule has 0 aliphatic carbocycles. The van der Waals surface area contributed by atoms with Crippen molar-refractivity contribution >= 4 is 11.7 Å². The number of carbonyl (C=O) groups excluding carboxylic acids is 1. The Morgan fingerprint density at radius 1 is 1.59 bits per heavy atom. The number of likely N-dealkylation sites (N-methyl/N-ethyl adjacent to an activating group) is 1. The van der Waals surface area contributed by atoms with Crippen molar-refractivity contribution in [2.24, 2.45) is 0 Å². The normalized spacial score (nSPS) is 23.6. The molecular weight excluding hydrogens is 220 g/mol. The molecule has 0 radical (unpaired) electrons. The number of amides is 1. The molecule has 1 amide bonds. The SMILES string of the molecule is CC1OCCC1N(C)C(=O)c1cncc(N)n1. The molecule has 2 heterocycles. The lowest BCUT2D eigenvalue weighted by Gasteiger charge is -2.26. The van der Waals surface area contributed by atoms with Crippen LogP contribution in [0.1, 0.15) is 23.8 Å². The summed E-state index contributed by atoms with van der Waals surface area (Å²) in [5.74, 6) is 0.0760. The van der Waals surface area contributed by atoms with E-state index < -0.39 is 0 Å². The summed E-state index contributed by atoms with van der Waals surface area (Å²) in [6, 6.07) is 0.0886. The van der Waals surface area contributed by atoms with Crippen LogP contribution in [-0.4, -0.2) is 46.6 Å². The number of ether oxygens (including phenoxy) is 1. The van der Waals surface area contributed by atoms with Crippen LogP contribution in [-0.2, 0) is 4.74 Å². The van der Waals surface area contributed by atoms with Gasteiger partial charge in [-0.2, -0.15) is 0 Å². The van der Waals surface area contributed by atoms with Crippen molar-refractivity contribution in [1.82, 2.24) is 14.9 Å². The van der Waals surface area contributed by atoms with Crippen LogP contribution >= 0.6 is 0 Å². The maximum atomic E-state index is 12.1. The summed E-state index contributed by atoms with van der Waals surface area (Å²) in [4.78, 5) is 21.6. The summed E-state index contributed by atoms with van der Waals surface area (Å²) in [6.45, 7) is 2.65. The van der Waals surface area contributed by atoms with Gasteiger partial charge in [-0.3, -0.25) is 9.78 Å². The Hall–Kier alpha value is -1.69. The van der Waals surface area contributed by atoms with Gasteiger partial charge in [0.05, 0.1) is 24.5 Å². The van der Waals surface area contributed by atoms with E-state index in [-0.39, 0.29) is 29.6 Å². The maximum absolute atomic E-state index is 12.1. The molecule has 2 atom stereocenters. The van der Waals surface area contributed by atoms with Gasteiger partial charge in [-0.1, -0.05) is 0 Å². The molecule has 1 aliphatic rings. The zero-order valence-electron chi connectivity index (χ0n) is 9.96. The molecular formula is C11H16N4O2. The van der Waals surface area contributed by atoms with E-state index in [2.05, 4.69) is 9.97 Å². The van der Waals surface area contributed by atoms with Gasteiger partial charge in [0.15, 0.2) is 0 Å². The smallest absolute Gasteiger partial charge is 0.274 e. The quantitative estimate of drug-likeness (QED) is 0.799. The third-order valence-corrected chi connectivity index (χ3v) is 3.03. The molecule has 1 saturated heterocycles. The van der Waals surface area contributed by atoms with E-state index in [4.69, 9.17) is 10.5 Å². The second kappa shape index (κ2) is 4.67. The van der Waals surface area contributed by atoms with Gasteiger partial charge in [-0.25, -0.2) is 4.98 Å². The molecule has 1 aliphatic heterocycles. The van der Waals surface area contributed by atoms with Gasteiger partial charge >= 0.3 is 0 Å². The first-order chi connectivity index (χ1) is 8.09. The molecule has 2 unspecified atom stereocenters. The Morgan fingerprint density at radius 2 is 2.35 bits per heavy atom. The number of carbonyl (C=O) groups is 1. The Balaban J connectivity index is 2.14. The highest BCUT2D eigenvalue weighted by Gasteiger charge is 2.31. The average molecular weight is 236 g/mol. The molecule has 1 aromatic rings. The van der Waals surface area contributed by atoms with Crippen molar-refractivity contribution in [1.29, 1.82) is 0 Å². The molecule has 0 bridgehead atoms. The minimum absolute atomic E-state index is 0.0537. The number of rotatable bonds is 2. The molecule has 2 N–H and O–H groups in total. The average Bonchev–Trinajstić information content (AvgIpc) is 2.73. The predicted molar refractivity (Wildman–Crippen MR) is 62.4 cm³/mol. The number of hydrogen-bond donors (Lipinski definition) is 1. The summed E-state index contributed by atoms with van der Waals surface area (Å²) in [5, 5.41) is 0. The fraction of sp³-hybridized carbons (Fsp3) is 0.545. The molecule has 92 valence electrons. The molecule has 17 heavy (non-hydrogen) atoms. The number of nitrogens with two attached hydrogens (primary N) is 1. The van der Waals surface area contributed by atoms with Crippen molar-refractivity contribution in [3.63, 3.8) is 0 Å². The van der Waals surface area contributed by atoms with Crippen LogP contribution in [0.15, 0.2) is 12.4 Å². The van der Waals surface area contributed by atoms with Gasteiger partial charge < -0.3 is 15.4 Å². The van der Waals surface area contributed by atoms with Gasteiger partial charge in [-0.15, -0.1) is 0 Å². The first-order valence-corrected chi connectivity index (χ1v) is 5.56. The summed E-state index contributed by atoms with van der Waals surface area (Å²) in [6.07, 6.45) is 3.74. The monoisotopic (exact) mass is 236 g/mol. The lowest BCUT2D eigenvalue weighted by Crippen LogP contribution is -2.41. The highest BCUT2D eigenvalue weighted by atomic mass is 16.5. The van der Waals surface area contributed by atoms with E-state index in [1.54, 1.807) is 11.9 Å². The van der Waals surface area contributed by atoms with Crippen molar-refractivity contribution in [2.45, 2.75) is 25.5 Å². The Morgan fingerprint density at radius 3 is 2.94 bits per heavy atom. The van der Waals surface area contributed by atoms with E-state index in [0.29, 0.717) is 6.61 Å². The first-order valence-electron chi connectivity index (χ1n) is 5.56. The number of nitrogens with zero attached hydrogens (tertiary/aromatic N) is 3. The molecule has 0 spiro atoms. The maximum Gasteiger partial charge on any atom is 0.274 e. The number of aromatic nitrogens is 2. The second-order valence-electron chi connectivity index (χ2n) is 4.18. The van der Waals surface area contributed by atoms with Gasteiger partial charge in [0.2, 0.25) is 0 Å². The van der Waals surface area contributed by atoms with Crippen LogP contribution in [0.4, 0.5) is 5.82 Å². The predicted octanol–water partition coefficient (Wildman–Crippen LogP) is 0.308. The van der Waals surface area contributed by atoms with Crippen LogP contribution < -0.4 is 5.73 Å². The Bertz CT molecular complexity index is 424. The van der Waals surface area contributed by atoms with E-state index in [1.807, 2.05) is 6.92 Å². The highest BCUT2D eigenvalue weighted by molar-refractivity contribution is 5.92. The van der Waals surface area contributed by atoms with Gasteiger partial charge in [0.1, 0.15) is 11.5 Å². The third-order valence-electron chi connectivity index (χ3n) is 3.03. The topological polar surface area (TPSA) is 81.3 Å². The molecule has 6 heteroatoms. The zero-order chi connectivity index (χ0) is 12.4. The molecule has 1 fully saturated rings. The summed E-state index contributed by atoms with van der Waals surface area (Å²) in [7, 11) is 1.75. The van der Waals surface area contributed by atoms with Gasteiger partial charge in [-0.05, 0) is 13.3 Å². The van der Waals surface area contributed by atoms with E-state index in [9.17, 15) is 4.79 Å². The van der Waals surface area contributed by atoms with Gasteiger partial charge in [0, 0.05) is 13.7 Å². The van der Waals surface area contributed by atoms with E-state index >= 15 is 0 Å². The van der Waals surface area contributed by atoms with Crippen molar-refractivity contribution in [3.05, 3.63) is 18.1 Å². The van der Waals surface area contributed by atoms with Crippen LogP contribution in [0.3, 0.4) is 0 Å². The van der Waals surface area contributed by atoms with Crippen LogP contribution in [0.2, 0.25) is 0 Å². The molecule has 0 aromatic carbocycles. The largest absolute Gasteiger partial charge is 0.382 e. The standard InChI is InChI=1S/C11H16N4O2/c1-7-9(3-4-17-7)15(2)11(16)8-5-13-6-10(12)14-8/h5-7,9H,3-4H2,1-2H3,(H2,12,14). The van der Waals surface area contributed by atoms with E-state index in [1.165, 1.54) is 12.4 Å². The van der Waals surface area contributed by atoms with Crippen molar-refractivity contribution in [3.8, 4) is 0 Å². The van der Waals surface area contributed by atoms with Crippen LogP contribution in [0.5, 0.6) is 0 Å². The van der Waals surface area contributed by atoms with Crippen molar-refractivity contribution in [2.75, 3.05) is 19.4 Å². The number of hydrogen-bond acceptors (Lipinski definition) is 5. The van der Waals surface area contributed by atoms with E-state index in [0.717, 1.165) is 6.42 Å². The number of anilines is 1. The van der Waals surface area contributed by atoms with Crippen LogP contribution in [0, 0.1) is 0 Å². The lowest BCUT2D eigenvalue weighted by atomic mass is 10.1.